The zero-order valence-corrected chi connectivity index (χ0v) is 17.2. The first-order chi connectivity index (χ1) is 13.5. The van der Waals surface area contributed by atoms with Crippen LogP contribution in [0.3, 0.4) is 0 Å². The molecule has 28 heavy (non-hydrogen) atoms. The number of nitrogens with zero attached hydrogens (tertiary/aromatic N) is 2. The molecule has 0 radical (unpaired) electrons. The van der Waals surface area contributed by atoms with E-state index in [4.69, 9.17) is 0 Å². The maximum Gasteiger partial charge on any atom is 0.255 e. The molecule has 2 aliphatic carbocycles. The van der Waals surface area contributed by atoms with E-state index in [1.54, 1.807) is 6.20 Å². The Bertz CT molecular complexity index is 695. The highest BCUT2D eigenvalue weighted by molar-refractivity contribution is 5.94. The molecule has 5 heteroatoms. The third-order valence-corrected chi connectivity index (χ3v) is 6.36. The zero-order chi connectivity index (χ0) is 19.7. The van der Waals surface area contributed by atoms with E-state index < -0.39 is 0 Å². The molecule has 0 unspecified atom stereocenters. The number of hydrogen-bond donors (Lipinski definition) is 1. The summed E-state index contributed by atoms with van der Waals surface area (Å²) < 4.78 is 0. The number of aromatic nitrogens is 1. The highest BCUT2D eigenvalue weighted by Gasteiger charge is 2.41. The SMILES string of the molecule is CC(C)CC(=O)[C@@H]1CCCN(C(=O)c2ccc(NC(C3CC3)C3CC3)nc2)C1. The number of anilines is 1. The van der Waals surface area contributed by atoms with Gasteiger partial charge >= 0.3 is 0 Å². The molecule has 2 heterocycles. The highest BCUT2D eigenvalue weighted by atomic mass is 16.2. The van der Waals surface area contributed by atoms with E-state index in [0.717, 1.165) is 37.0 Å². The summed E-state index contributed by atoms with van der Waals surface area (Å²) in [5.74, 6) is 3.17. The molecule has 1 amide bonds. The Morgan fingerprint density at radius 1 is 1.14 bits per heavy atom. The van der Waals surface area contributed by atoms with Gasteiger partial charge in [-0.25, -0.2) is 4.98 Å². The second-order valence-electron chi connectivity index (χ2n) is 9.43. The molecule has 4 rings (SSSR count). The minimum Gasteiger partial charge on any atom is -0.367 e. The number of Topliss-reactive ketones (excluding diaryl/α,β-unsaturated/α-hetero) is 1. The molecule has 1 aromatic heterocycles. The second-order valence-corrected chi connectivity index (χ2v) is 9.43. The lowest BCUT2D eigenvalue weighted by atomic mass is 9.89. The first kappa shape index (κ1) is 19.4. The fourth-order valence-corrected chi connectivity index (χ4v) is 4.48. The average molecular weight is 384 g/mol. The minimum absolute atomic E-state index is 0.00188. The number of rotatable bonds is 8. The third-order valence-electron chi connectivity index (χ3n) is 6.36. The van der Waals surface area contributed by atoms with Crippen molar-refractivity contribution in [3.05, 3.63) is 23.9 Å². The molecule has 0 spiro atoms. The van der Waals surface area contributed by atoms with Crippen LogP contribution in [-0.2, 0) is 4.79 Å². The van der Waals surface area contributed by atoms with Crippen molar-refractivity contribution in [2.45, 2.75) is 64.8 Å². The molecular weight excluding hydrogens is 350 g/mol. The predicted molar refractivity (Wildman–Crippen MR) is 110 cm³/mol. The van der Waals surface area contributed by atoms with E-state index >= 15 is 0 Å². The Morgan fingerprint density at radius 3 is 2.43 bits per heavy atom. The average Bonchev–Trinajstić information content (AvgIpc) is 3.59. The molecule has 2 saturated carbocycles. The number of amides is 1. The van der Waals surface area contributed by atoms with Crippen LogP contribution in [0, 0.1) is 23.7 Å². The molecular formula is C23H33N3O2. The Kier molecular flexibility index (Phi) is 5.70. The Labute approximate surface area is 168 Å². The third kappa shape index (κ3) is 4.73. The van der Waals surface area contributed by atoms with Gasteiger partial charge < -0.3 is 10.2 Å². The number of ketones is 1. The van der Waals surface area contributed by atoms with Crippen molar-refractivity contribution in [1.29, 1.82) is 0 Å². The largest absolute Gasteiger partial charge is 0.367 e. The van der Waals surface area contributed by atoms with Crippen molar-refractivity contribution in [3.8, 4) is 0 Å². The topological polar surface area (TPSA) is 62.3 Å². The van der Waals surface area contributed by atoms with Crippen LogP contribution in [0.4, 0.5) is 5.82 Å². The summed E-state index contributed by atoms with van der Waals surface area (Å²) in [4.78, 5) is 31.7. The summed E-state index contributed by atoms with van der Waals surface area (Å²) in [5, 5.41) is 3.61. The van der Waals surface area contributed by atoms with Crippen molar-refractivity contribution >= 4 is 17.5 Å². The van der Waals surface area contributed by atoms with E-state index in [-0.39, 0.29) is 11.8 Å². The van der Waals surface area contributed by atoms with Crippen molar-refractivity contribution < 1.29 is 9.59 Å². The fraction of sp³-hybridized carbons (Fsp3) is 0.696. The molecule has 3 aliphatic rings. The summed E-state index contributed by atoms with van der Waals surface area (Å²) in [6.07, 6.45) is 9.43. The van der Waals surface area contributed by atoms with E-state index in [1.807, 2.05) is 17.0 Å². The minimum atomic E-state index is -0.00755. The maximum atomic E-state index is 12.9. The number of carbonyl (C=O) groups excluding carboxylic acids is 2. The lowest BCUT2D eigenvalue weighted by molar-refractivity contribution is -0.124. The van der Waals surface area contributed by atoms with Crippen LogP contribution in [0.15, 0.2) is 18.3 Å². The Morgan fingerprint density at radius 2 is 1.86 bits per heavy atom. The molecule has 152 valence electrons. The lowest BCUT2D eigenvalue weighted by Crippen LogP contribution is -2.42. The Hall–Kier alpha value is -1.91. The van der Waals surface area contributed by atoms with Crippen molar-refractivity contribution in [1.82, 2.24) is 9.88 Å². The van der Waals surface area contributed by atoms with Gasteiger partial charge in [0, 0.05) is 37.7 Å². The van der Waals surface area contributed by atoms with E-state index in [0.29, 0.717) is 36.3 Å². The quantitative estimate of drug-likeness (QED) is 0.732. The van der Waals surface area contributed by atoms with E-state index in [2.05, 4.69) is 24.1 Å². The smallest absolute Gasteiger partial charge is 0.255 e. The van der Waals surface area contributed by atoms with Crippen LogP contribution in [0.1, 0.15) is 69.2 Å². The molecule has 1 aromatic rings. The van der Waals surface area contributed by atoms with Gasteiger partial charge in [0.2, 0.25) is 0 Å². The van der Waals surface area contributed by atoms with Gasteiger partial charge in [-0.2, -0.15) is 0 Å². The number of pyridine rings is 1. The van der Waals surface area contributed by atoms with E-state index in [1.165, 1.54) is 25.7 Å². The number of carbonyl (C=O) groups is 2. The molecule has 1 N–H and O–H groups in total. The van der Waals surface area contributed by atoms with Crippen LogP contribution >= 0.6 is 0 Å². The van der Waals surface area contributed by atoms with Gasteiger partial charge in [-0.1, -0.05) is 13.8 Å². The van der Waals surface area contributed by atoms with Gasteiger partial charge in [-0.15, -0.1) is 0 Å². The van der Waals surface area contributed by atoms with Crippen molar-refractivity contribution in [2.24, 2.45) is 23.7 Å². The number of hydrogen-bond acceptors (Lipinski definition) is 4. The lowest BCUT2D eigenvalue weighted by Gasteiger charge is -2.32. The number of likely N-dealkylation sites (tertiary alicyclic amines) is 1. The first-order valence-corrected chi connectivity index (χ1v) is 11.1. The van der Waals surface area contributed by atoms with Crippen LogP contribution < -0.4 is 5.32 Å². The monoisotopic (exact) mass is 383 g/mol. The van der Waals surface area contributed by atoms with Gasteiger partial charge in [0.05, 0.1) is 5.56 Å². The predicted octanol–water partition coefficient (Wildman–Crippen LogP) is 4.15. The Balaban J connectivity index is 1.35. The summed E-state index contributed by atoms with van der Waals surface area (Å²) in [6.45, 7) is 5.43. The molecule has 5 nitrogen and oxygen atoms in total. The molecule has 1 aliphatic heterocycles. The summed E-state index contributed by atoms with van der Waals surface area (Å²) >= 11 is 0. The molecule has 0 bridgehead atoms. The van der Waals surface area contributed by atoms with E-state index in [9.17, 15) is 9.59 Å². The van der Waals surface area contributed by atoms with Gasteiger partial charge in [-0.3, -0.25) is 9.59 Å². The second kappa shape index (κ2) is 8.22. The normalized spacial score (nSPS) is 22.6. The summed E-state index contributed by atoms with van der Waals surface area (Å²) in [6, 6.07) is 4.38. The summed E-state index contributed by atoms with van der Waals surface area (Å²) in [7, 11) is 0. The van der Waals surface area contributed by atoms with Crippen LogP contribution in [-0.4, -0.2) is 40.7 Å². The highest BCUT2D eigenvalue weighted by Crippen LogP contribution is 2.45. The summed E-state index contributed by atoms with van der Waals surface area (Å²) in [5.41, 5.74) is 0.622. The molecule has 3 fully saturated rings. The standard InChI is InChI=1S/C23H33N3O2/c1-15(2)12-20(27)19-4-3-11-26(14-19)23(28)18-9-10-21(24-13-18)25-22(16-5-6-16)17-7-8-17/h9-10,13,15-17,19,22H,3-8,11-12,14H2,1-2H3,(H,24,25)/t19-/m1/s1. The number of piperidine rings is 1. The van der Waals surface area contributed by atoms with Crippen molar-refractivity contribution in [3.63, 3.8) is 0 Å². The van der Waals surface area contributed by atoms with Gasteiger partial charge in [-0.05, 0) is 68.4 Å². The van der Waals surface area contributed by atoms with Gasteiger partial charge in [0.25, 0.3) is 5.91 Å². The van der Waals surface area contributed by atoms with Crippen LogP contribution in [0.25, 0.3) is 0 Å². The molecule has 1 atom stereocenters. The molecule has 0 aromatic carbocycles. The van der Waals surface area contributed by atoms with Gasteiger partial charge in [0.1, 0.15) is 11.6 Å². The van der Waals surface area contributed by atoms with Crippen LogP contribution in [0.2, 0.25) is 0 Å². The van der Waals surface area contributed by atoms with Gasteiger partial charge in [0.15, 0.2) is 0 Å². The number of nitrogens with one attached hydrogen (secondary N) is 1. The first-order valence-electron chi connectivity index (χ1n) is 11.1. The maximum absolute atomic E-state index is 12.9. The zero-order valence-electron chi connectivity index (χ0n) is 17.2. The fourth-order valence-electron chi connectivity index (χ4n) is 4.48. The molecule has 1 saturated heterocycles. The van der Waals surface area contributed by atoms with Crippen molar-refractivity contribution in [2.75, 3.05) is 18.4 Å². The van der Waals surface area contributed by atoms with Crippen LogP contribution in [0.5, 0.6) is 0 Å².